The first kappa shape index (κ1) is 27.1. The van der Waals surface area contributed by atoms with Gasteiger partial charge in [-0.2, -0.15) is 0 Å². The van der Waals surface area contributed by atoms with E-state index in [9.17, 15) is 24.0 Å². The Kier molecular flexibility index (Phi) is 9.01. The Bertz CT molecular complexity index is 1010. The molecule has 4 N–H and O–H groups in total. The summed E-state index contributed by atoms with van der Waals surface area (Å²) < 4.78 is 0. The molecule has 3 unspecified atom stereocenters. The maximum Gasteiger partial charge on any atom is 0.289 e. The molecule has 2 fully saturated rings. The molecule has 4 amide bonds. The van der Waals surface area contributed by atoms with Crippen LogP contribution in [-0.2, 0) is 24.0 Å². The zero-order valence-electron chi connectivity index (χ0n) is 21.1. The number of carbonyl (C=O) groups is 5. The second-order valence-corrected chi connectivity index (χ2v) is 10.8. The molecule has 9 nitrogen and oxygen atoms in total. The molecule has 1 saturated heterocycles. The van der Waals surface area contributed by atoms with Crippen LogP contribution in [0.3, 0.4) is 0 Å². The number of hydrogen-bond acceptors (Lipinski definition) is 5. The van der Waals surface area contributed by atoms with Gasteiger partial charge in [-0.15, -0.1) is 0 Å². The predicted molar refractivity (Wildman–Crippen MR) is 135 cm³/mol. The van der Waals surface area contributed by atoms with E-state index in [-0.39, 0.29) is 23.8 Å². The van der Waals surface area contributed by atoms with E-state index in [1.807, 2.05) is 51.1 Å². The van der Waals surface area contributed by atoms with Crippen LogP contribution in [0.1, 0.15) is 58.4 Å². The SMILES string of the molecule is CC(C)(C)CC(NC(=O)/C=C/c1ccccc1)C(=O)NC(CC1CCNC1=O)C(=O)C(=O)NC1CC1. The lowest BCUT2D eigenvalue weighted by Gasteiger charge is -2.28. The third-order valence-electron chi connectivity index (χ3n) is 6.13. The molecule has 1 aliphatic carbocycles. The molecule has 1 heterocycles. The van der Waals surface area contributed by atoms with Gasteiger partial charge in [0, 0.05) is 24.6 Å². The highest BCUT2D eigenvalue weighted by Crippen LogP contribution is 2.23. The first-order valence-electron chi connectivity index (χ1n) is 12.5. The van der Waals surface area contributed by atoms with Gasteiger partial charge in [0.15, 0.2) is 0 Å². The van der Waals surface area contributed by atoms with E-state index < -0.39 is 41.5 Å². The maximum atomic E-state index is 13.3. The number of Topliss-reactive ketones (excluding diaryl/α,β-unsaturated/α-hetero) is 1. The van der Waals surface area contributed by atoms with E-state index in [1.165, 1.54) is 6.08 Å². The van der Waals surface area contributed by atoms with Crippen molar-refractivity contribution in [2.45, 2.75) is 71.0 Å². The lowest BCUT2D eigenvalue weighted by Crippen LogP contribution is -2.55. The van der Waals surface area contributed by atoms with Crippen LogP contribution in [0, 0.1) is 11.3 Å². The Hall–Kier alpha value is -3.49. The summed E-state index contributed by atoms with van der Waals surface area (Å²) in [6.07, 6.45) is 5.49. The van der Waals surface area contributed by atoms with Gasteiger partial charge in [-0.1, -0.05) is 51.1 Å². The van der Waals surface area contributed by atoms with Gasteiger partial charge >= 0.3 is 0 Å². The van der Waals surface area contributed by atoms with Crippen molar-refractivity contribution in [3.63, 3.8) is 0 Å². The summed E-state index contributed by atoms with van der Waals surface area (Å²) in [5.41, 5.74) is 0.527. The van der Waals surface area contributed by atoms with Gasteiger partial charge in [0.05, 0.1) is 6.04 Å². The topological polar surface area (TPSA) is 133 Å². The summed E-state index contributed by atoms with van der Waals surface area (Å²) in [6.45, 7) is 6.30. The van der Waals surface area contributed by atoms with Crippen LogP contribution < -0.4 is 21.3 Å². The number of amides is 4. The molecule has 9 heteroatoms. The monoisotopic (exact) mass is 496 g/mol. The van der Waals surface area contributed by atoms with E-state index in [0.29, 0.717) is 19.4 Å². The first-order chi connectivity index (χ1) is 17.0. The van der Waals surface area contributed by atoms with E-state index in [0.717, 1.165) is 18.4 Å². The predicted octanol–water partition coefficient (Wildman–Crippen LogP) is 1.48. The summed E-state index contributed by atoms with van der Waals surface area (Å²) in [7, 11) is 0. The average molecular weight is 497 g/mol. The normalized spacial score (nSPS) is 19.3. The van der Waals surface area contributed by atoms with Gasteiger partial charge in [-0.3, -0.25) is 24.0 Å². The molecular formula is C27H36N4O5. The molecule has 0 aromatic heterocycles. The smallest absolute Gasteiger partial charge is 0.289 e. The molecule has 194 valence electrons. The van der Waals surface area contributed by atoms with Crippen molar-refractivity contribution in [2.75, 3.05) is 6.54 Å². The molecule has 3 atom stereocenters. The van der Waals surface area contributed by atoms with Crippen molar-refractivity contribution in [2.24, 2.45) is 11.3 Å². The van der Waals surface area contributed by atoms with Crippen molar-refractivity contribution in [3.05, 3.63) is 42.0 Å². The lowest BCUT2D eigenvalue weighted by molar-refractivity contribution is -0.141. The average Bonchev–Trinajstić information content (AvgIpc) is 3.55. The van der Waals surface area contributed by atoms with Crippen molar-refractivity contribution in [1.82, 2.24) is 21.3 Å². The van der Waals surface area contributed by atoms with Gasteiger partial charge in [-0.05, 0) is 49.2 Å². The van der Waals surface area contributed by atoms with Crippen LogP contribution >= 0.6 is 0 Å². The molecule has 0 bridgehead atoms. The summed E-state index contributed by atoms with van der Waals surface area (Å²) in [5, 5.41) is 10.8. The molecule has 0 spiro atoms. The van der Waals surface area contributed by atoms with Crippen molar-refractivity contribution < 1.29 is 24.0 Å². The van der Waals surface area contributed by atoms with Crippen molar-refractivity contribution in [1.29, 1.82) is 0 Å². The third kappa shape index (κ3) is 8.62. The maximum absolute atomic E-state index is 13.3. The summed E-state index contributed by atoms with van der Waals surface area (Å²) in [5.74, 6) is -3.23. The fraction of sp³-hybridized carbons (Fsp3) is 0.519. The molecule has 1 aliphatic heterocycles. The fourth-order valence-corrected chi connectivity index (χ4v) is 4.08. The van der Waals surface area contributed by atoms with Crippen molar-refractivity contribution >= 4 is 35.5 Å². The number of hydrogen-bond donors (Lipinski definition) is 4. The van der Waals surface area contributed by atoms with Gasteiger partial charge < -0.3 is 21.3 Å². The van der Waals surface area contributed by atoms with Crippen LogP contribution in [0.4, 0.5) is 0 Å². The molecule has 1 aromatic carbocycles. The minimum atomic E-state index is -1.16. The zero-order chi connectivity index (χ0) is 26.3. The van der Waals surface area contributed by atoms with E-state index >= 15 is 0 Å². The molecular weight excluding hydrogens is 460 g/mol. The standard InChI is InChI=1S/C27H36N4O5/c1-27(2,3)16-21(30-22(32)12-9-17-7-5-4-6-8-17)25(35)31-20(15-18-13-14-28-24(18)34)23(33)26(36)29-19-10-11-19/h4-9,12,18-21H,10-11,13-16H2,1-3H3,(H,28,34)(H,29,36)(H,30,32)(H,31,35)/b12-9+. The highest BCUT2D eigenvalue weighted by atomic mass is 16.2. The van der Waals surface area contributed by atoms with E-state index in [1.54, 1.807) is 6.08 Å². The molecule has 1 saturated carbocycles. The van der Waals surface area contributed by atoms with Crippen LogP contribution in [0.15, 0.2) is 36.4 Å². The minimum Gasteiger partial charge on any atom is -0.356 e. The molecule has 1 aromatic rings. The number of carbonyl (C=O) groups excluding carboxylic acids is 5. The van der Waals surface area contributed by atoms with Crippen LogP contribution in [-0.4, -0.2) is 54.1 Å². The van der Waals surface area contributed by atoms with Crippen LogP contribution in [0.5, 0.6) is 0 Å². The molecule has 0 radical (unpaired) electrons. The molecule has 2 aliphatic rings. The number of nitrogens with one attached hydrogen (secondary N) is 4. The first-order valence-corrected chi connectivity index (χ1v) is 12.5. The number of benzene rings is 1. The summed E-state index contributed by atoms with van der Waals surface area (Å²) in [6, 6.07) is 7.18. The largest absolute Gasteiger partial charge is 0.356 e. The second-order valence-electron chi connectivity index (χ2n) is 10.8. The summed E-state index contributed by atoms with van der Waals surface area (Å²) in [4.78, 5) is 63.5. The molecule has 3 rings (SSSR count). The Labute approximate surface area is 211 Å². The number of ketones is 1. The van der Waals surface area contributed by atoms with Gasteiger partial charge in [0.1, 0.15) is 6.04 Å². The fourth-order valence-electron chi connectivity index (χ4n) is 4.08. The summed E-state index contributed by atoms with van der Waals surface area (Å²) >= 11 is 0. The minimum absolute atomic E-state index is 0.0168. The Morgan fingerprint density at radius 3 is 2.31 bits per heavy atom. The lowest BCUT2D eigenvalue weighted by atomic mass is 9.87. The Morgan fingerprint density at radius 1 is 1.03 bits per heavy atom. The number of rotatable bonds is 11. The van der Waals surface area contributed by atoms with E-state index in [2.05, 4.69) is 21.3 Å². The van der Waals surface area contributed by atoms with Gasteiger partial charge in [0.25, 0.3) is 5.91 Å². The van der Waals surface area contributed by atoms with Crippen LogP contribution in [0.2, 0.25) is 0 Å². The van der Waals surface area contributed by atoms with Crippen molar-refractivity contribution in [3.8, 4) is 0 Å². The quantitative estimate of drug-likeness (QED) is 0.272. The van der Waals surface area contributed by atoms with E-state index in [4.69, 9.17) is 0 Å². The second kappa shape index (κ2) is 12.0. The highest BCUT2D eigenvalue weighted by Gasteiger charge is 2.37. The van der Waals surface area contributed by atoms with Gasteiger partial charge in [0.2, 0.25) is 23.5 Å². The Balaban J connectivity index is 1.72. The van der Waals surface area contributed by atoms with Crippen LogP contribution in [0.25, 0.3) is 6.08 Å². The third-order valence-corrected chi connectivity index (χ3v) is 6.13. The highest BCUT2D eigenvalue weighted by molar-refractivity contribution is 6.38. The zero-order valence-corrected chi connectivity index (χ0v) is 21.1. The molecule has 36 heavy (non-hydrogen) atoms. The van der Waals surface area contributed by atoms with Gasteiger partial charge in [-0.25, -0.2) is 0 Å². The Morgan fingerprint density at radius 2 is 1.72 bits per heavy atom.